The predicted octanol–water partition coefficient (Wildman–Crippen LogP) is 3.31. The molecule has 3 rings (SSSR count). The van der Waals surface area contributed by atoms with Crippen LogP contribution in [-0.2, 0) is 11.0 Å². The molecule has 2 aliphatic rings. The summed E-state index contributed by atoms with van der Waals surface area (Å²) in [4.78, 5) is 19.9. The van der Waals surface area contributed by atoms with E-state index in [4.69, 9.17) is 0 Å². The molecule has 0 aromatic carbocycles. The average molecular weight is 392 g/mol. The van der Waals surface area contributed by atoms with Crippen molar-refractivity contribution in [2.75, 3.05) is 31.1 Å². The molecule has 1 saturated carbocycles. The van der Waals surface area contributed by atoms with Gasteiger partial charge in [0.05, 0.1) is 10.0 Å². The first kappa shape index (κ1) is 16.5. The van der Waals surface area contributed by atoms with Gasteiger partial charge in [0, 0.05) is 38.3 Å². The predicted molar refractivity (Wildman–Crippen MR) is 83.1 cm³/mol. The minimum atomic E-state index is -4.40. The Labute approximate surface area is 140 Å². The number of rotatable bonds is 2. The molecule has 0 spiro atoms. The second-order valence-corrected chi connectivity index (χ2v) is 6.82. The molecule has 23 heavy (non-hydrogen) atoms. The Morgan fingerprint density at radius 3 is 2.57 bits per heavy atom. The van der Waals surface area contributed by atoms with Gasteiger partial charge in [-0.15, -0.1) is 0 Å². The molecule has 4 nitrogen and oxygen atoms in total. The quantitative estimate of drug-likeness (QED) is 0.775. The number of hydrogen-bond donors (Lipinski definition) is 0. The maximum absolute atomic E-state index is 12.7. The number of pyridine rings is 1. The van der Waals surface area contributed by atoms with Crippen LogP contribution in [0, 0.1) is 5.92 Å². The Morgan fingerprint density at radius 1 is 1.22 bits per heavy atom. The normalized spacial score (nSPS) is 19.7. The lowest BCUT2D eigenvalue weighted by Gasteiger charge is -2.24. The van der Waals surface area contributed by atoms with E-state index in [0.717, 1.165) is 31.5 Å². The zero-order chi connectivity index (χ0) is 16.6. The first-order valence-electron chi connectivity index (χ1n) is 7.63. The van der Waals surface area contributed by atoms with Crippen LogP contribution in [0.4, 0.5) is 19.0 Å². The van der Waals surface area contributed by atoms with Gasteiger partial charge in [-0.1, -0.05) is 0 Å². The second kappa shape index (κ2) is 6.30. The van der Waals surface area contributed by atoms with E-state index >= 15 is 0 Å². The first-order chi connectivity index (χ1) is 10.9. The summed E-state index contributed by atoms with van der Waals surface area (Å²) in [5, 5.41) is 0. The summed E-state index contributed by atoms with van der Waals surface area (Å²) in [5.74, 6) is 0.905. The van der Waals surface area contributed by atoms with Gasteiger partial charge in [-0.2, -0.15) is 13.2 Å². The van der Waals surface area contributed by atoms with E-state index in [1.165, 1.54) is 0 Å². The van der Waals surface area contributed by atoms with Crippen molar-refractivity contribution in [2.45, 2.75) is 25.4 Å². The molecule has 2 heterocycles. The van der Waals surface area contributed by atoms with E-state index in [2.05, 4.69) is 20.9 Å². The third kappa shape index (κ3) is 3.79. The van der Waals surface area contributed by atoms with Gasteiger partial charge in [-0.25, -0.2) is 4.98 Å². The third-order valence-corrected chi connectivity index (χ3v) is 4.77. The van der Waals surface area contributed by atoms with Gasteiger partial charge in [-0.3, -0.25) is 4.79 Å². The van der Waals surface area contributed by atoms with Crippen molar-refractivity contribution >= 4 is 27.7 Å². The number of aromatic nitrogens is 1. The fourth-order valence-corrected chi connectivity index (χ4v) is 3.36. The van der Waals surface area contributed by atoms with Crippen molar-refractivity contribution in [1.82, 2.24) is 9.88 Å². The molecule has 126 valence electrons. The Hall–Kier alpha value is -1.31. The minimum Gasteiger partial charge on any atom is -0.354 e. The van der Waals surface area contributed by atoms with Crippen LogP contribution in [0.25, 0.3) is 0 Å². The summed E-state index contributed by atoms with van der Waals surface area (Å²) in [6.07, 6.45) is -0.803. The van der Waals surface area contributed by atoms with E-state index in [1.807, 2.05) is 9.80 Å². The molecule has 0 bridgehead atoms. The van der Waals surface area contributed by atoms with Crippen LogP contribution in [0.3, 0.4) is 0 Å². The maximum Gasteiger partial charge on any atom is 0.417 e. The van der Waals surface area contributed by atoms with Crippen molar-refractivity contribution in [3.05, 3.63) is 22.3 Å². The molecular weight excluding hydrogens is 375 g/mol. The summed E-state index contributed by atoms with van der Waals surface area (Å²) < 4.78 is 38.5. The van der Waals surface area contributed by atoms with Gasteiger partial charge in [-0.05, 0) is 41.3 Å². The molecule has 0 unspecified atom stereocenters. The maximum atomic E-state index is 12.7. The number of anilines is 1. The summed E-state index contributed by atoms with van der Waals surface area (Å²) in [5.41, 5.74) is -0.770. The van der Waals surface area contributed by atoms with E-state index in [-0.39, 0.29) is 11.8 Å². The Morgan fingerprint density at radius 2 is 1.96 bits per heavy atom. The molecule has 0 radical (unpaired) electrons. The fourth-order valence-electron chi connectivity index (χ4n) is 2.76. The monoisotopic (exact) mass is 391 g/mol. The molecule has 1 amide bonds. The molecule has 0 atom stereocenters. The van der Waals surface area contributed by atoms with Crippen LogP contribution in [0.15, 0.2) is 16.7 Å². The summed E-state index contributed by atoms with van der Waals surface area (Å²) in [6, 6.07) is 1.06. The number of alkyl halides is 3. The minimum absolute atomic E-state index is 0.192. The van der Waals surface area contributed by atoms with Crippen LogP contribution in [-0.4, -0.2) is 42.0 Å². The zero-order valence-electron chi connectivity index (χ0n) is 12.4. The Kier molecular flexibility index (Phi) is 4.53. The van der Waals surface area contributed by atoms with Crippen LogP contribution in [0.1, 0.15) is 24.8 Å². The van der Waals surface area contributed by atoms with E-state index in [9.17, 15) is 18.0 Å². The fraction of sp³-hybridized carbons (Fsp3) is 0.600. The summed E-state index contributed by atoms with van der Waals surface area (Å²) >= 11 is 3.19. The highest BCUT2D eigenvalue weighted by molar-refractivity contribution is 9.10. The lowest BCUT2D eigenvalue weighted by atomic mass is 10.2. The standard InChI is InChI=1S/C15H17BrF3N3O/c16-12-8-11(15(17,18)19)9-20-13(12)21-4-1-5-22(7-6-21)14(23)10-2-3-10/h8-10H,1-7H2. The lowest BCUT2D eigenvalue weighted by molar-refractivity contribution is -0.138. The molecule has 1 aliphatic carbocycles. The van der Waals surface area contributed by atoms with Crippen LogP contribution in [0.5, 0.6) is 0 Å². The van der Waals surface area contributed by atoms with Gasteiger partial charge >= 0.3 is 6.18 Å². The van der Waals surface area contributed by atoms with E-state index in [0.29, 0.717) is 36.5 Å². The number of amides is 1. The van der Waals surface area contributed by atoms with Crippen molar-refractivity contribution in [3.63, 3.8) is 0 Å². The number of halogens is 4. The van der Waals surface area contributed by atoms with Gasteiger partial charge in [0.15, 0.2) is 0 Å². The Balaban J connectivity index is 1.71. The van der Waals surface area contributed by atoms with E-state index < -0.39 is 11.7 Å². The molecule has 0 N–H and O–H groups in total. The van der Waals surface area contributed by atoms with E-state index in [1.54, 1.807) is 0 Å². The SMILES string of the molecule is O=C(C1CC1)N1CCCN(c2ncc(C(F)(F)F)cc2Br)CC1. The van der Waals surface area contributed by atoms with Crippen LogP contribution < -0.4 is 4.90 Å². The number of carbonyl (C=O) groups excluding carboxylic acids is 1. The largest absolute Gasteiger partial charge is 0.417 e. The highest BCUT2D eigenvalue weighted by Crippen LogP contribution is 2.34. The Bertz CT molecular complexity index is 604. The zero-order valence-corrected chi connectivity index (χ0v) is 14.0. The highest BCUT2D eigenvalue weighted by Gasteiger charge is 2.35. The van der Waals surface area contributed by atoms with Gasteiger partial charge in [0.25, 0.3) is 0 Å². The van der Waals surface area contributed by atoms with Gasteiger partial charge in [0.1, 0.15) is 5.82 Å². The van der Waals surface area contributed by atoms with Crippen molar-refractivity contribution in [2.24, 2.45) is 5.92 Å². The molecule has 1 aromatic rings. The first-order valence-corrected chi connectivity index (χ1v) is 8.42. The molecule has 2 fully saturated rings. The highest BCUT2D eigenvalue weighted by atomic mass is 79.9. The number of hydrogen-bond acceptors (Lipinski definition) is 3. The summed E-state index contributed by atoms with van der Waals surface area (Å²) in [7, 11) is 0. The van der Waals surface area contributed by atoms with Crippen molar-refractivity contribution in [3.8, 4) is 0 Å². The lowest BCUT2D eigenvalue weighted by Crippen LogP contribution is -2.36. The van der Waals surface area contributed by atoms with Crippen LogP contribution >= 0.6 is 15.9 Å². The van der Waals surface area contributed by atoms with Crippen molar-refractivity contribution < 1.29 is 18.0 Å². The molecular formula is C15H17BrF3N3O. The van der Waals surface area contributed by atoms with Crippen LogP contribution in [0.2, 0.25) is 0 Å². The molecule has 1 aliphatic heterocycles. The summed E-state index contributed by atoms with van der Waals surface area (Å²) in [6.45, 7) is 2.54. The topological polar surface area (TPSA) is 36.4 Å². The molecule has 1 saturated heterocycles. The smallest absolute Gasteiger partial charge is 0.354 e. The second-order valence-electron chi connectivity index (χ2n) is 5.97. The molecule has 8 heteroatoms. The average Bonchev–Trinajstić information content (AvgIpc) is 3.32. The van der Waals surface area contributed by atoms with Gasteiger partial charge < -0.3 is 9.80 Å². The van der Waals surface area contributed by atoms with Crippen molar-refractivity contribution in [1.29, 1.82) is 0 Å². The van der Waals surface area contributed by atoms with Gasteiger partial charge in [0.2, 0.25) is 5.91 Å². The third-order valence-electron chi connectivity index (χ3n) is 4.18. The molecule has 1 aromatic heterocycles. The number of carbonyl (C=O) groups is 1. The number of nitrogens with zero attached hydrogens (tertiary/aromatic N) is 3.